The number of hydrogen-bond acceptors (Lipinski definition) is 5. The van der Waals surface area contributed by atoms with E-state index in [9.17, 15) is 18.4 Å². The molecular weight excluding hydrogens is 432 g/mol. The minimum absolute atomic E-state index is 0.00665. The molecule has 164 valence electrons. The maximum Gasteiger partial charge on any atom is 0.291 e. The number of benzene rings is 3. The number of fused-ring (bicyclic) bond motifs is 3. The number of nitrogens with zero attached hydrogens (tertiary/aromatic N) is 1. The van der Waals surface area contributed by atoms with E-state index in [0.29, 0.717) is 17.1 Å². The Labute approximate surface area is 185 Å². The summed E-state index contributed by atoms with van der Waals surface area (Å²) in [7, 11) is 0. The first-order valence-corrected chi connectivity index (χ1v) is 10.2. The molecule has 4 aromatic rings. The standard InChI is InChI=1S/C25H15F2NO5/c26-14-6-8-18-16(10-14)23(29)21-22(15-3-1-2-4-17(15)27)28(25(30)24(21)33-18)11-13-5-7-19-20(9-13)32-12-31-19/h1-10,22H,11-12H2. The van der Waals surface area contributed by atoms with Crippen molar-refractivity contribution in [2.24, 2.45) is 0 Å². The molecule has 6 rings (SSSR count). The number of carbonyl (C=O) groups excluding carboxylic acids is 1. The predicted octanol–water partition coefficient (Wildman–Crippen LogP) is 4.55. The minimum Gasteiger partial charge on any atom is -0.454 e. The number of halogens is 2. The first-order valence-electron chi connectivity index (χ1n) is 10.2. The largest absolute Gasteiger partial charge is 0.454 e. The fourth-order valence-electron chi connectivity index (χ4n) is 4.41. The zero-order chi connectivity index (χ0) is 22.7. The molecule has 3 aromatic carbocycles. The molecule has 1 amide bonds. The van der Waals surface area contributed by atoms with Crippen molar-refractivity contribution in [2.75, 3.05) is 6.79 Å². The van der Waals surface area contributed by atoms with E-state index in [0.717, 1.165) is 12.1 Å². The summed E-state index contributed by atoms with van der Waals surface area (Å²) < 4.78 is 45.3. The Morgan fingerprint density at radius 3 is 2.61 bits per heavy atom. The topological polar surface area (TPSA) is 69.0 Å². The Bertz CT molecular complexity index is 1510. The smallest absolute Gasteiger partial charge is 0.291 e. The van der Waals surface area contributed by atoms with Gasteiger partial charge in [0.2, 0.25) is 12.6 Å². The molecule has 0 bridgehead atoms. The molecule has 33 heavy (non-hydrogen) atoms. The van der Waals surface area contributed by atoms with Crippen molar-refractivity contribution in [1.82, 2.24) is 4.90 Å². The van der Waals surface area contributed by atoms with Gasteiger partial charge in [0.25, 0.3) is 5.91 Å². The summed E-state index contributed by atoms with van der Waals surface area (Å²) in [5.74, 6) is -0.788. The van der Waals surface area contributed by atoms with Crippen LogP contribution in [0.1, 0.15) is 33.3 Å². The molecule has 0 fully saturated rings. The Kier molecular flexibility index (Phi) is 4.23. The van der Waals surface area contributed by atoms with Gasteiger partial charge in [-0.25, -0.2) is 8.78 Å². The summed E-state index contributed by atoms with van der Waals surface area (Å²) in [6.45, 7) is 0.162. The lowest BCUT2D eigenvalue weighted by Crippen LogP contribution is -2.29. The second-order valence-electron chi connectivity index (χ2n) is 7.86. The second-order valence-corrected chi connectivity index (χ2v) is 7.86. The highest BCUT2D eigenvalue weighted by Crippen LogP contribution is 2.41. The van der Waals surface area contributed by atoms with Gasteiger partial charge in [0.05, 0.1) is 17.0 Å². The Morgan fingerprint density at radius 1 is 0.939 bits per heavy atom. The quantitative estimate of drug-likeness (QED) is 0.461. The molecule has 6 nitrogen and oxygen atoms in total. The lowest BCUT2D eigenvalue weighted by Gasteiger charge is -2.25. The highest BCUT2D eigenvalue weighted by Gasteiger charge is 2.43. The monoisotopic (exact) mass is 447 g/mol. The van der Waals surface area contributed by atoms with Gasteiger partial charge in [-0.05, 0) is 42.0 Å². The molecule has 0 saturated heterocycles. The molecule has 8 heteroatoms. The minimum atomic E-state index is -1.04. The van der Waals surface area contributed by atoms with Crippen LogP contribution in [-0.4, -0.2) is 17.6 Å². The molecule has 0 aliphatic carbocycles. The van der Waals surface area contributed by atoms with Crippen LogP contribution < -0.4 is 14.9 Å². The van der Waals surface area contributed by atoms with Crippen LogP contribution in [-0.2, 0) is 6.54 Å². The van der Waals surface area contributed by atoms with Gasteiger partial charge in [0, 0.05) is 12.1 Å². The molecule has 1 aromatic heterocycles. The molecule has 2 aliphatic rings. The summed E-state index contributed by atoms with van der Waals surface area (Å²) in [5.41, 5.74) is 0.355. The fraction of sp³-hybridized carbons (Fsp3) is 0.120. The lowest BCUT2D eigenvalue weighted by molar-refractivity contribution is 0.0712. The number of rotatable bonds is 3. The Hall–Kier alpha value is -4.20. The third-order valence-electron chi connectivity index (χ3n) is 5.92. The van der Waals surface area contributed by atoms with E-state index >= 15 is 0 Å². The first kappa shape index (κ1) is 19.5. The van der Waals surface area contributed by atoms with Crippen molar-refractivity contribution >= 4 is 16.9 Å². The third-order valence-corrected chi connectivity index (χ3v) is 5.92. The summed E-state index contributed by atoms with van der Waals surface area (Å²) in [4.78, 5) is 28.2. The van der Waals surface area contributed by atoms with Gasteiger partial charge < -0.3 is 18.8 Å². The SMILES string of the molecule is O=C1c2oc3ccc(F)cc3c(=O)c2C(c2ccccc2F)N1Cc1ccc2c(c1)OCO2. The summed E-state index contributed by atoms with van der Waals surface area (Å²) in [6.07, 6.45) is 0. The summed E-state index contributed by atoms with van der Waals surface area (Å²) in [6, 6.07) is 13.6. The van der Waals surface area contributed by atoms with Gasteiger partial charge in [-0.1, -0.05) is 24.3 Å². The van der Waals surface area contributed by atoms with Crippen LogP contribution in [0.4, 0.5) is 8.78 Å². The van der Waals surface area contributed by atoms with Crippen LogP contribution in [0.15, 0.2) is 69.9 Å². The molecule has 0 N–H and O–H groups in total. The molecule has 2 aliphatic heterocycles. The number of ether oxygens (including phenoxy) is 2. The van der Waals surface area contributed by atoms with E-state index in [-0.39, 0.29) is 41.2 Å². The van der Waals surface area contributed by atoms with Gasteiger partial charge in [-0.15, -0.1) is 0 Å². The Morgan fingerprint density at radius 2 is 1.76 bits per heavy atom. The highest BCUT2D eigenvalue weighted by molar-refractivity contribution is 5.99. The predicted molar refractivity (Wildman–Crippen MR) is 113 cm³/mol. The second kappa shape index (κ2) is 7.16. The first-order chi connectivity index (χ1) is 16.0. The molecule has 0 saturated carbocycles. The van der Waals surface area contributed by atoms with Gasteiger partial charge in [0.15, 0.2) is 16.9 Å². The van der Waals surface area contributed by atoms with Crippen LogP contribution >= 0.6 is 0 Å². The van der Waals surface area contributed by atoms with E-state index in [1.165, 1.54) is 29.2 Å². The average Bonchev–Trinajstić information content (AvgIpc) is 3.38. The van der Waals surface area contributed by atoms with E-state index in [1.54, 1.807) is 24.3 Å². The number of amides is 1. The molecule has 1 unspecified atom stereocenters. The van der Waals surface area contributed by atoms with E-state index in [4.69, 9.17) is 13.9 Å². The van der Waals surface area contributed by atoms with Gasteiger partial charge in [-0.3, -0.25) is 9.59 Å². The van der Waals surface area contributed by atoms with Crippen LogP contribution in [0, 0.1) is 11.6 Å². The highest BCUT2D eigenvalue weighted by atomic mass is 19.1. The zero-order valence-corrected chi connectivity index (χ0v) is 17.0. The van der Waals surface area contributed by atoms with E-state index < -0.39 is 29.0 Å². The van der Waals surface area contributed by atoms with Gasteiger partial charge in [-0.2, -0.15) is 0 Å². The average molecular weight is 447 g/mol. The van der Waals surface area contributed by atoms with Crippen LogP contribution in [0.2, 0.25) is 0 Å². The van der Waals surface area contributed by atoms with Crippen LogP contribution in [0.25, 0.3) is 11.0 Å². The normalized spacial score (nSPS) is 16.5. The maximum atomic E-state index is 14.9. The van der Waals surface area contributed by atoms with Crippen molar-refractivity contribution in [3.05, 3.63) is 105 Å². The van der Waals surface area contributed by atoms with Crippen molar-refractivity contribution in [1.29, 1.82) is 0 Å². The fourth-order valence-corrected chi connectivity index (χ4v) is 4.41. The number of hydrogen-bond donors (Lipinski definition) is 0. The molecular formula is C25H15F2NO5. The van der Waals surface area contributed by atoms with Crippen molar-refractivity contribution in [3.63, 3.8) is 0 Å². The third kappa shape index (κ3) is 2.98. The van der Waals surface area contributed by atoms with Crippen LogP contribution in [0.5, 0.6) is 11.5 Å². The van der Waals surface area contributed by atoms with E-state index in [1.807, 2.05) is 0 Å². The van der Waals surface area contributed by atoms with Crippen molar-refractivity contribution < 1.29 is 27.5 Å². The Balaban J connectivity index is 1.54. The summed E-state index contributed by atoms with van der Waals surface area (Å²) in [5, 5.41) is -0.00665. The lowest BCUT2D eigenvalue weighted by atomic mass is 9.97. The summed E-state index contributed by atoms with van der Waals surface area (Å²) >= 11 is 0. The van der Waals surface area contributed by atoms with Crippen LogP contribution in [0.3, 0.4) is 0 Å². The molecule has 3 heterocycles. The van der Waals surface area contributed by atoms with Gasteiger partial charge in [0.1, 0.15) is 17.2 Å². The molecule has 1 atom stereocenters. The maximum absolute atomic E-state index is 14.9. The van der Waals surface area contributed by atoms with Gasteiger partial charge >= 0.3 is 0 Å². The van der Waals surface area contributed by atoms with E-state index in [2.05, 4.69) is 0 Å². The number of carbonyl (C=O) groups is 1. The molecule has 0 spiro atoms. The van der Waals surface area contributed by atoms with Crippen molar-refractivity contribution in [3.8, 4) is 11.5 Å². The van der Waals surface area contributed by atoms with Crippen molar-refractivity contribution in [2.45, 2.75) is 12.6 Å². The zero-order valence-electron chi connectivity index (χ0n) is 17.0. The molecule has 0 radical (unpaired) electrons.